The van der Waals surface area contributed by atoms with Gasteiger partial charge < -0.3 is 0 Å². The summed E-state index contributed by atoms with van der Waals surface area (Å²) in [5, 5.41) is 0.919. The van der Waals surface area contributed by atoms with Gasteiger partial charge in [-0.25, -0.2) is 0 Å². The smallest absolute Gasteiger partial charge is 0.0125 e. The zero-order chi connectivity index (χ0) is 10.2. The van der Waals surface area contributed by atoms with E-state index in [1.807, 2.05) is 0 Å². The Morgan fingerprint density at radius 3 is 1.08 bits per heavy atom. The molecule has 0 aliphatic rings. The van der Waals surface area contributed by atoms with Crippen LogP contribution in [0.25, 0.3) is 0 Å². The van der Waals surface area contributed by atoms with Crippen molar-refractivity contribution >= 4 is 21.0 Å². The van der Waals surface area contributed by atoms with Gasteiger partial charge in [0, 0.05) is 0 Å². The second kappa shape index (κ2) is 4.49. The largest absolute Gasteiger partial charge is 0.147 e. The van der Waals surface area contributed by atoms with Crippen LogP contribution in [0.5, 0.6) is 0 Å². The molecule has 0 bridgehead atoms. The van der Waals surface area contributed by atoms with E-state index in [0.717, 1.165) is 8.58 Å². The van der Waals surface area contributed by atoms with Gasteiger partial charge in [0.25, 0.3) is 0 Å². The second-order valence-electron chi connectivity index (χ2n) is 6.25. The van der Waals surface area contributed by atoms with Gasteiger partial charge in [-0.1, -0.05) is 55.4 Å². The predicted octanol–water partition coefficient (Wildman–Crippen LogP) is 4.71. The summed E-state index contributed by atoms with van der Waals surface area (Å²) in [6.45, 7) is 18.8. The average Bonchev–Trinajstić information content (AvgIpc) is 1.52. The summed E-state index contributed by atoms with van der Waals surface area (Å²) in [7, 11) is 1.02. The molecule has 82 valence electrons. The summed E-state index contributed by atoms with van der Waals surface area (Å²) in [5.41, 5.74) is 0.415. The summed E-state index contributed by atoms with van der Waals surface area (Å²) < 4.78 is 0. The summed E-state index contributed by atoms with van der Waals surface area (Å²) in [5.74, 6) is 0. The van der Waals surface area contributed by atoms with E-state index in [4.69, 9.17) is 0 Å². The van der Waals surface area contributed by atoms with Gasteiger partial charge in [-0.2, -0.15) is 0 Å². The van der Waals surface area contributed by atoms with Crippen molar-refractivity contribution in [1.82, 2.24) is 0 Å². The molecular formula is C11H26ClP. The summed E-state index contributed by atoms with van der Waals surface area (Å²) in [6, 6.07) is 0. The molecule has 0 saturated heterocycles. The lowest BCUT2D eigenvalue weighted by atomic mass is 9.82. The molecule has 1 unspecified atom stereocenters. The Labute approximate surface area is 92.5 Å². The molecule has 0 aromatic rings. The van der Waals surface area contributed by atoms with Crippen molar-refractivity contribution in [3.63, 3.8) is 0 Å². The molecule has 0 radical (unpaired) electrons. The first-order valence-electron chi connectivity index (χ1n) is 4.75. The Bertz CT molecular complexity index is 148. The molecule has 0 aromatic carbocycles. The van der Waals surface area contributed by atoms with E-state index in [-0.39, 0.29) is 12.4 Å². The van der Waals surface area contributed by atoms with E-state index in [9.17, 15) is 0 Å². The van der Waals surface area contributed by atoms with Crippen molar-refractivity contribution in [2.75, 3.05) is 0 Å². The van der Waals surface area contributed by atoms with Crippen LogP contribution in [0.1, 0.15) is 55.4 Å². The summed E-state index contributed by atoms with van der Waals surface area (Å²) >= 11 is 0. The third kappa shape index (κ3) is 5.92. The van der Waals surface area contributed by atoms with Crippen LogP contribution in [0.2, 0.25) is 0 Å². The fourth-order valence-electron chi connectivity index (χ4n) is 1.12. The van der Waals surface area contributed by atoms with Crippen LogP contribution >= 0.6 is 21.0 Å². The molecule has 0 rings (SSSR count). The fourth-order valence-corrected chi connectivity index (χ4v) is 3.38. The Balaban J connectivity index is 0. The van der Waals surface area contributed by atoms with Gasteiger partial charge >= 0.3 is 0 Å². The van der Waals surface area contributed by atoms with Crippen LogP contribution < -0.4 is 0 Å². The highest BCUT2D eigenvalue weighted by atomic mass is 35.5. The van der Waals surface area contributed by atoms with Crippen molar-refractivity contribution in [1.29, 1.82) is 0 Å². The van der Waals surface area contributed by atoms with E-state index in [1.54, 1.807) is 0 Å². The molecule has 0 aliphatic carbocycles. The molecule has 0 nitrogen and oxygen atoms in total. The van der Waals surface area contributed by atoms with Gasteiger partial charge in [0.15, 0.2) is 0 Å². The maximum absolute atomic E-state index is 2.39. The first-order chi connectivity index (χ1) is 4.96. The zero-order valence-electron chi connectivity index (χ0n) is 10.4. The van der Waals surface area contributed by atoms with Crippen molar-refractivity contribution in [2.45, 2.75) is 65.7 Å². The van der Waals surface area contributed by atoms with Gasteiger partial charge in [-0.15, -0.1) is 21.0 Å². The maximum atomic E-state index is 2.39. The SMILES string of the molecule is CC(C)(C)PC(C)(C)C(C)(C)C.Cl. The molecule has 0 aliphatic heterocycles. The van der Waals surface area contributed by atoms with Crippen LogP contribution in [-0.4, -0.2) is 10.3 Å². The van der Waals surface area contributed by atoms with E-state index in [2.05, 4.69) is 55.4 Å². The standard InChI is InChI=1S/C11H25P.ClH/c1-9(2,3)11(7,8)12-10(4,5)6;/h12H,1-8H3;1H. The monoisotopic (exact) mass is 224 g/mol. The number of hydrogen-bond acceptors (Lipinski definition) is 0. The Hall–Kier alpha value is 0.720. The van der Waals surface area contributed by atoms with E-state index in [0.29, 0.717) is 15.7 Å². The number of rotatable bonds is 1. The fraction of sp³-hybridized carbons (Fsp3) is 1.00. The Kier molecular flexibility index (Phi) is 5.59. The molecule has 0 N–H and O–H groups in total. The van der Waals surface area contributed by atoms with Crippen LogP contribution in [0.4, 0.5) is 0 Å². The molecule has 0 aromatic heterocycles. The van der Waals surface area contributed by atoms with Crippen molar-refractivity contribution in [2.24, 2.45) is 5.41 Å². The third-order valence-corrected chi connectivity index (χ3v) is 4.69. The highest BCUT2D eigenvalue weighted by Gasteiger charge is 2.35. The first kappa shape index (κ1) is 16.2. The lowest BCUT2D eigenvalue weighted by Crippen LogP contribution is -2.35. The highest BCUT2D eigenvalue weighted by Crippen LogP contribution is 2.51. The van der Waals surface area contributed by atoms with Crippen molar-refractivity contribution in [3.8, 4) is 0 Å². The topological polar surface area (TPSA) is 0 Å². The summed E-state index contributed by atoms with van der Waals surface area (Å²) in [6.07, 6.45) is 0. The molecule has 0 saturated carbocycles. The van der Waals surface area contributed by atoms with Gasteiger partial charge in [0.05, 0.1) is 0 Å². The number of halogens is 1. The van der Waals surface area contributed by atoms with Crippen LogP contribution in [0, 0.1) is 5.41 Å². The van der Waals surface area contributed by atoms with Crippen LogP contribution in [-0.2, 0) is 0 Å². The van der Waals surface area contributed by atoms with E-state index >= 15 is 0 Å². The lowest BCUT2D eigenvalue weighted by molar-refractivity contribution is 0.313. The van der Waals surface area contributed by atoms with Crippen molar-refractivity contribution < 1.29 is 0 Å². The maximum Gasteiger partial charge on any atom is -0.0125 e. The molecule has 0 fully saturated rings. The number of hydrogen-bond donors (Lipinski definition) is 0. The predicted molar refractivity (Wildman–Crippen MR) is 68.9 cm³/mol. The Morgan fingerprint density at radius 1 is 0.692 bits per heavy atom. The minimum Gasteiger partial charge on any atom is -0.147 e. The zero-order valence-corrected chi connectivity index (χ0v) is 12.2. The lowest BCUT2D eigenvalue weighted by Gasteiger charge is -2.43. The van der Waals surface area contributed by atoms with E-state index in [1.165, 1.54) is 0 Å². The molecule has 0 heterocycles. The molecule has 1 atom stereocenters. The second-order valence-corrected chi connectivity index (χ2v) is 9.25. The average molecular weight is 225 g/mol. The molecular weight excluding hydrogens is 199 g/mol. The summed E-state index contributed by atoms with van der Waals surface area (Å²) in [4.78, 5) is 0. The minimum atomic E-state index is 0. The third-order valence-electron chi connectivity index (χ3n) is 2.56. The van der Waals surface area contributed by atoms with Crippen LogP contribution in [0.3, 0.4) is 0 Å². The minimum absolute atomic E-state index is 0. The van der Waals surface area contributed by atoms with Gasteiger partial charge in [0.1, 0.15) is 0 Å². The van der Waals surface area contributed by atoms with Gasteiger partial charge in [-0.3, -0.25) is 0 Å². The van der Waals surface area contributed by atoms with Crippen LogP contribution in [0.15, 0.2) is 0 Å². The van der Waals surface area contributed by atoms with Crippen molar-refractivity contribution in [3.05, 3.63) is 0 Å². The molecule has 0 spiro atoms. The Morgan fingerprint density at radius 2 is 1.00 bits per heavy atom. The van der Waals surface area contributed by atoms with Gasteiger partial charge in [-0.05, 0) is 15.7 Å². The van der Waals surface area contributed by atoms with Gasteiger partial charge in [0.2, 0.25) is 0 Å². The molecule has 0 amide bonds. The molecule has 13 heavy (non-hydrogen) atoms. The quantitative estimate of drug-likeness (QED) is 0.566. The highest BCUT2D eigenvalue weighted by molar-refractivity contribution is 7.41. The van der Waals surface area contributed by atoms with E-state index < -0.39 is 0 Å². The normalized spacial score (nSPS) is 14.8. The first-order valence-corrected chi connectivity index (χ1v) is 5.75. The molecule has 2 heteroatoms.